The fraction of sp³-hybridized carbons (Fsp3) is 0.214. The van der Waals surface area contributed by atoms with Crippen LogP contribution < -0.4 is 10.5 Å². The minimum Gasteiger partial charge on any atom is -0.482 e. The zero-order valence-corrected chi connectivity index (χ0v) is 21.0. The third-order valence-electron chi connectivity index (χ3n) is 5.94. The van der Waals surface area contributed by atoms with Gasteiger partial charge in [0.05, 0.1) is 24.3 Å². The number of nitrogens with zero attached hydrogens (tertiary/aromatic N) is 1. The Morgan fingerprint density at radius 3 is 2.20 bits per heavy atom. The number of nitrogens with two attached hydrogens (primary N) is 1. The summed E-state index contributed by atoms with van der Waals surface area (Å²) in [6, 6.07) is 18.6. The van der Waals surface area contributed by atoms with E-state index in [1.54, 1.807) is 13.2 Å². The monoisotopic (exact) mass is 563 g/mol. The number of carboxylic acid groups (broad SMARTS) is 1. The highest BCUT2D eigenvalue weighted by atomic mass is 19.4. The molecular formula is C28H23F6N3O3. The zero-order chi connectivity index (χ0) is 29.7. The van der Waals surface area contributed by atoms with Crippen molar-refractivity contribution in [3.63, 3.8) is 0 Å². The van der Waals surface area contributed by atoms with Crippen molar-refractivity contribution in [1.82, 2.24) is 4.98 Å². The Morgan fingerprint density at radius 1 is 1.02 bits per heavy atom. The maximum atomic E-state index is 13.0. The van der Waals surface area contributed by atoms with Gasteiger partial charge >= 0.3 is 18.3 Å². The molecule has 0 atom stereocenters. The number of aromatic amines is 1. The van der Waals surface area contributed by atoms with Crippen molar-refractivity contribution in [3.05, 3.63) is 88.5 Å². The largest absolute Gasteiger partial charge is 0.490 e. The van der Waals surface area contributed by atoms with Crippen molar-refractivity contribution < 1.29 is 41.0 Å². The Morgan fingerprint density at radius 2 is 1.68 bits per heavy atom. The number of aliphatic carboxylic acids is 1. The minimum absolute atomic E-state index is 0.403. The second kappa shape index (κ2) is 12.1. The van der Waals surface area contributed by atoms with Gasteiger partial charge in [0, 0.05) is 16.5 Å². The third kappa shape index (κ3) is 6.92. The highest BCUT2D eigenvalue weighted by Crippen LogP contribution is 2.38. The molecule has 210 valence electrons. The topological polar surface area (TPSA) is 112 Å². The molecule has 0 aliphatic rings. The number of H-pyrrole nitrogens is 1. The molecule has 1 heterocycles. The molecule has 1 aromatic heterocycles. The summed E-state index contributed by atoms with van der Waals surface area (Å²) >= 11 is 0. The number of ether oxygens (including phenoxy) is 1. The summed E-state index contributed by atoms with van der Waals surface area (Å²) < 4.78 is 76.4. The molecule has 4 rings (SSSR count). The number of nitriles is 1. The first-order chi connectivity index (χ1) is 18.8. The fourth-order valence-corrected chi connectivity index (χ4v) is 4.19. The molecule has 0 saturated carbocycles. The van der Waals surface area contributed by atoms with Gasteiger partial charge in [0.15, 0.2) is 5.88 Å². The number of carbonyl (C=O) groups is 1. The number of aromatic nitrogens is 1. The van der Waals surface area contributed by atoms with Gasteiger partial charge in [0.1, 0.15) is 0 Å². The van der Waals surface area contributed by atoms with Crippen LogP contribution in [0.1, 0.15) is 27.8 Å². The van der Waals surface area contributed by atoms with Gasteiger partial charge in [-0.3, -0.25) is 0 Å². The lowest BCUT2D eigenvalue weighted by Crippen LogP contribution is -2.21. The summed E-state index contributed by atoms with van der Waals surface area (Å²) in [6.45, 7) is 0.414. The van der Waals surface area contributed by atoms with Crippen LogP contribution in [0.2, 0.25) is 0 Å². The van der Waals surface area contributed by atoms with Crippen LogP contribution in [0, 0.1) is 11.3 Å². The maximum Gasteiger partial charge on any atom is 0.490 e. The number of halogens is 6. The lowest BCUT2D eigenvalue weighted by molar-refractivity contribution is -0.192. The number of rotatable bonds is 6. The second-order valence-electron chi connectivity index (χ2n) is 8.56. The number of benzene rings is 3. The van der Waals surface area contributed by atoms with E-state index in [1.807, 2.05) is 30.3 Å². The van der Waals surface area contributed by atoms with Gasteiger partial charge in [0.25, 0.3) is 0 Å². The number of carboxylic acids is 1. The number of methoxy groups -OCH3 is 1. The fourth-order valence-electron chi connectivity index (χ4n) is 4.19. The van der Waals surface area contributed by atoms with Crippen LogP contribution in [0.4, 0.5) is 26.3 Å². The van der Waals surface area contributed by atoms with E-state index in [-0.39, 0.29) is 0 Å². The molecule has 6 nitrogen and oxygen atoms in total. The Balaban J connectivity index is 0.000000559. The van der Waals surface area contributed by atoms with Crippen LogP contribution in [0.5, 0.6) is 5.88 Å². The Bertz CT molecular complexity index is 1530. The van der Waals surface area contributed by atoms with Crippen molar-refractivity contribution in [3.8, 4) is 23.1 Å². The molecule has 3 aromatic carbocycles. The number of nitrogens with one attached hydrogen (secondary N) is 1. The van der Waals surface area contributed by atoms with E-state index in [2.05, 4.69) is 11.1 Å². The van der Waals surface area contributed by atoms with Crippen LogP contribution in [-0.4, -0.2) is 35.9 Å². The molecule has 0 saturated heterocycles. The maximum absolute atomic E-state index is 13.0. The standard InChI is InChI=1S/C26H22F3N3O.C2HF3O2/c1-33-25-21(11-12-30)24-22(14-16-5-7-19(8-6-16)26(27,28)29)20(9-10-23(24)32-25)18-4-2-3-17(13-18)15-31;3-2(4,5)1(6)7/h2-10,13,32H,11-12,14,30H2,1H3;(H,6,7). The predicted octanol–water partition coefficient (Wildman–Crippen LogP) is 6.46. The number of hydrogen-bond donors (Lipinski definition) is 3. The molecule has 12 heteroatoms. The Hall–Kier alpha value is -4.50. The van der Waals surface area contributed by atoms with E-state index in [0.29, 0.717) is 30.8 Å². The normalized spacial score (nSPS) is 11.5. The Kier molecular flexibility index (Phi) is 9.11. The highest BCUT2D eigenvalue weighted by molar-refractivity contribution is 5.95. The summed E-state index contributed by atoms with van der Waals surface area (Å²) in [7, 11) is 1.58. The van der Waals surface area contributed by atoms with Gasteiger partial charge in [-0.05, 0) is 72.0 Å². The summed E-state index contributed by atoms with van der Waals surface area (Å²) in [4.78, 5) is 12.2. The molecule has 4 N–H and O–H groups in total. The molecule has 0 radical (unpaired) electrons. The third-order valence-corrected chi connectivity index (χ3v) is 5.94. The quantitative estimate of drug-likeness (QED) is 0.233. The average Bonchev–Trinajstić information content (AvgIpc) is 3.26. The molecular weight excluding hydrogens is 540 g/mol. The summed E-state index contributed by atoms with van der Waals surface area (Å²) in [5, 5.41) is 17.4. The van der Waals surface area contributed by atoms with Crippen LogP contribution >= 0.6 is 0 Å². The number of alkyl halides is 6. The number of hydrogen-bond acceptors (Lipinski definition) is 4. The van der Waals surface area contributed by atoms with Crippen LogP contribution in [0.3, 0.4) is 0 Å². The van der Waals surface area contributed by atoms with E-state index in [9.17, 15) is 31.6 Å². The van der Waals surface area contributed by atoms with Gasteiger partial charge < -0.3 is 20.6 Å². The molecule has 4 aromatic rings. The Labute approximate surface area is 224 Å². The smallest absolute Gasteiger partial charge is 0.482 e. The van der Waals surface area contributed by atoms with E-state index in [4.69, 9.17) is 20.4 Å². The predicted molar refractivity (Wildman–Crippen MR) is 136 cm³/mol. The average molecular weight is 563 g/mol. The van der Waals surface area contributed by atoms with Crippen molar-refractivity contribution in [2.45, 2.75) is 25.2 Å². The molecule has 0 bridgehead atoms. The molecule has 0 aliphatic heterocycles. The van der Waals surface area contributed by atoms with E-state index in [1.165, 1.54) is 12.1 Å². The van der Waals surface area contributed by atoms with Gasteiger partial charge in [-0.15, -0.1) is 0 Å². The molecule has 0 fully saturated rings. The first-order valence-corrected chi connectivity index (χ1v) is 11.7. The molecule has 0 spiro atoms. The molecule has 0 amide bonds. The van der Waals surface area contributed by atoms with Crippen molar-refractivity contribution >= 4 is 16.9 Å². The minimum atomic E-state index is -5.08. The summed E-state index contributed by atoms with van der Waals surface area (Å²) in [5.41, 5.74) is 10.9. The lowest BCUT2D eigenvalue weighted by atomic mass is 9.89. The van der Waals surface area contributed by atoms with Crippen molar-refractivity contribution in [2.75, 3.05) is 13.7 Å². The van der Waals surface area contributed by atoms with Gasteiger partial charge in [0.2, 0.25) is 0 Å². The van der Waals surface area contributed by atoms with E-state index < -0.39 is 23.9 Å². The SMILES string of the molecule is COc1[nH]c2ccc(-c3cccc(C#N)c3)c(Cc3ccc(C(F)(F)F)cc3)c2c1CCN.O=C(O)C(F)(F)F. The van der Waals surface area contributed by atoms with E-state index >= 15 is 0 Å². The van der Waals surface area contributed by atoms with Crippen LogP contribution in [0.25, 0.3) is 22.0 Å². The first kappa shape index (κ1) is 30.0. The van der Waals surface area contributed by atoms with Crippen molar-refractivity contribution in [2.24, 2.45) is 5.73 Å². The molecule has 0 aliphatic carbocycles. The lowest BCUT2D eigenvalue weighted by Gasteiger charge is -2.15. The first-order valence-electron chi connectivity index (χ1n) is 11.7. The second-order valence-corrected chi connectivity index (χ2v) is 8.56. The van der Waals surface area contributed by atoms with Gasteiger partial charge in [-0.1, -0.05) is 30.3 Å². The molecule has 0 unspecified atom stereocenters. The molecule has 40 heavy (non-hydrogen) atoms. The van der Waals surface area contributed by atoms with Crippen LogP contribution in [-0.2, 0) is 23.8 Å². The zero-order valence-electron chi connectivity index (χ0n) is 21.0. The summed E-state index contributed by atoms with van der Waals surface area (Å²) in [6.07, 6.45) is -8.49. The van der Waals surface area contributed by atoms with Crippen molar-refractivity contribution in [1.29, 1.82) is 5.26 Å². The number of fused-ring (bicyclic) bond motifs is 1. The van der Waals surface area contributed by atoms with Gasteiger partial charge in [-0.2, -0.15) is 31.6 Å². The highest BCUT2D eigenvalue weighted by Gasteiger charge is 2.38. The van der Waals surface area contributed by atoms with E-state index in [0.717, 1.165) is 50.9 Å². The summed E-state index contributed by atoms with van der Waals surface area (Å²) in [5.74, 6) is -2.14. The van der Waals surface area contributed by atoms with Crippen LogP contribution in [0.15, 0.2) is 60.7 Å². The van der Waals surface area contributed by atoms with Gasteiger partial charge in [-0.25, -0.2) is 4.79 Å².